The second-order valence-corrected chi connectivity index (χ2v) is 8.21. The van der Waals surface area contributed by atoms with Crippen LogP contribution in [0.4, 0.5) is 18.9 Å². The van der Waals surface area contributed by atoms with E-state index in [-0.39, 0.29) is 5.82 Å². The van der Waals surface area contributed by atoms with E-state index in [1.165, 1.54) is 4.90 Å². The number of nitriles is 1. The first-order chi connectivity index (χ1) is 16.4. The number of fused-ring (bicyclic) bond motifs is 1. The van der Waals surface area contributed by atoms with Crippen molar-refractivity contribution in [2.45, 2.75) is 38.4 Å². The Morgan fingerprint density at radius 1 is 1.03 bits per heavy atom. The average molecular weight is 474 g/mol. The molecular weight excluding hydrogens is 449 g/mol. The third-order valence-corrected chi connectivity index (χ3v) is 6.02. The molecule has 2 aromatic rings. The van der Waals surface area contributed by atoms with Gasteiger partial charge in [-0.2, -0.15) is 18.4 Å². The number of ether oxygens (including phenoxy) is 1. The van der Waals surface area contributed by atoms with Gasteiger partial charge in [0.15, 0.2) is 12.4 Å². The lowest BCUT2D eigenvalue weighted by molar-refractivity contribution is -0.146. The monoisotopic (exact) mass is 474 g/mol. The number of alkyl halides is 3. The summed E-state index contributed by atoms with van der Waals surface area (Å²) in [7, 11) is 0. The van der Waals surface area contributed by atoms with Crippen LogP contribution < -0.4 is 4.90 Å². The van der Waals surface area contributed by atoms with Gasteiger partial charge in [-0.1, -0.05) is 24.6 Å². The molecule has 0 radical (unpaired) electrons. The van der Waals surface area contributed by atoms with E-state index < -0.39 is 30.0 Å². The van der Waals surface area contributed by atoms with Gasteiger partial charge in [0.25, 0.3) is 5.91 Å². The van der Waals surface area contributed by atoms with Gasteiger partial charge in [0, 0.05) is 44.8 Å². The zero-order chi connectivity index (χ0) is 24.1. The van der Waals surface area contributed by atoms with Crippen molar-refractivity contribution < 1.29 is 22.7 Å². The number of anilines is 1. The predicted molar refractivity (Wildman–Crippen MR) is 117 cm³/mol. The largest absolute Gasteiger partial charge is 0.478 e. The molecule has 0 bridgehead atoms. The number of rotatable bonds is 5. The minimum absolute atomic E-state index is 0.171. The Morgan fingerprint density at radius 2 is 1.76 bits per heavy atom. The molecule has 8 nitrogen and oxygen atoms in total. The number of aromatic nitrogens is 3. The minimum atomic E-state index is -4.96. The van der Waals surface area contributed by atoms with Crippen molar-refractivity contribution in [2.24, 2.45) is 0 Å². The fourth-order valence-corrected chi connectivity index (χ4v) is 4.25. The molecule has 2 aliphatic heterocycles. The van der Waals surface area contributed by atoms with Crippen LogP contribution in [0.25, 0.3) is 5.57 Å². The lowest BCUT2D eigenvalue weighted by Gasteiger charge is -2.36. The summed E-state index contributed by atoms with van der Waals surface area (Å²) in [5, 5.41) is 17.4. The molecule has 0 atom stereocenters. The van der Waals surface area contributed by atoms with E-state index in [1.54, 1.807) is 10.6 Å². The molecule has 0 N–H and O–H groups in total. The molecule has 34 heavy (non-hydrogen) atoms. The summed E-state index contributed by atoms with van der Waals surface area (Å²) in [6.45, 7) is 1.47. The summed E-state index contributed by atoms with van der Waals surface area (Å²) in [6.07, 6.45) is -1.84. The Morgan fingerprint density at radius 3 is 2.44 bits per heavy atom. The van der Waals surface area contributed by atoms with Crippen LogP contribution in [-0.2, 0) is 22.5 Å². The molecule has 0 aliphatic carbocycles. The number of para-hydroxylation sites is 1. The van der Waals surface area contributed by atoms with Gasteiger partial charge in [0.05, 0.1) is 0 Å². The highest BCUT2D eigenvalue weighted by Gasteiger charge is 2.41. The Hall–Kier alpha value is -3.55. The average Bonchev–Trinajstić information content (AvgIpc) is 3.08. The highest BCUT2D eigenvalue weighted by atomic mass is 19.4. The smallest absolute Gasteiger partial charge is 0.450 e. The normalized spacial score (nSPS) is 17.4. The Kier molecular flexibility index (Phi) is 7.05. The number of hydrogen-bond acceptors (Lipinski definition) is 6. The van der Waals surface area contributed by atoms with Crippen molar-refractivity contribution >= 4 is 17.2 Å². The SMILES string of the molecule is N#CC(=C(OCC(=O)N1CCN(c2ccccc2)CC1)C(F)(F)F)c1nnc2n1CCCCC2. The quantitative estimate of drug-likeness (QED) is 0.489. The summed E-state index contributed by atoms with van der Waals surface area (Å²) in [6, 6.07) is 11.3. The fourth-order valence-electron chi connectivity index (χ4n) is 4.25. The molecule has 4 rings (SSSR count). The second kappa shape index (κ2) is 10.2. The topological polar surface area (TPSA) is 87.3 Å². The number of piperazine rings is 1. The van der Waals surface area contributed by atoms with E-state index in [9.17, 15) is 23.2 Å². The van der Waals surface area contributed by atoms with Gasteiger partial charge in [-0.05, 0) is 25.0 Å². The molecular formula is C23H25F3N6O2. The molecule has 1 fully saturated rings. The van der Waals surface area contributed by atoms with Crippen LogP contribution in [0.1, 0.15) is 30.9 Å². The fraction of sp³-hybridized carbons (Fsp3) is 0.478. The highest BCUT2D eigenvalue weighted by Crippen LogP contribution is 2.33. The summed E-state index contributed by atoms with van der Waals surface area (Å²) < 4.78 is 48.1. The van der Waals surface area contributed by atoms with Gasteiger partial charge in [0.2, 0.25) is 5.76 Å². The number of aryl methyl sites for hydroxylation is 1. The van der Waals surface area contributed by atoms with Gasteiger partial charge < -0.3 is 19.1 Å². The summed E-state index contributed by atoms with van der Waals surface area (Å²) >= 11 is 0. The number of halogens is 3. The lowest BCUT2D eigenvalue weighted by atomic mass is 10.2. The molecule has 1 amide bonds. The molecule has 1 saturated heterocycles. The van der Waals surface area contributed by atoms with Crippen LogP contribution in [-0.4, -0.2) is 64.5 Å². The Labute approximate surface area is 195 Å². The van der Waals surface area contributed by atoms with Crippen molar-refractivity contribution in [3.63, 3.8) is 0 Å². The van der Waals surface area contributed by atoms with Crippen molar-refractivity contribution in [3.05, 3.63) is 47.7 Å². The number of nitrogens with zero attached hydrogens (tertiary/aromatic N) is 6. The van der Waals surface area contributed by atoms with Crippen LogP contribution in [0, 0.1) is 11.3 Å². The number of benzene rings is 1. The molecule has 0 spiro atoms. The first-order valence-electron chi connectivity index (χ1n) is 11.2. The number of amides is 1. The molecule has 0 unspecified atom stereocenters. The van der Waals surface area contributed by atoms with E-state index in [4.69, 9.17) is 4.74 Å². The van der Waals surface area contributed by atoms with Crippen molar-refractivity contribution in [3.8, 4) is 6.07 Å². The Bertz CT molecular complexity index is 1080. The zero-order valence-electron chi connectivity index (χ0n) is 18.6. The molecule has 3 heterocycles. The van der Waals surface area contributed by atoms with Crippen LogP contribution in [0.15, 0.2) is 36.1 Å². The number of allylic oxidation sites excluding steroid dienone is 2. The molecule has 180 valence electrons. The second-order valence-electron chi connectivity index (χ2n) is 8.21. The van der Waals surface area contributed by atoms with Crippen LogP contribution in [0.2, 0.25) is 0 Å². The third kappa shape index (κ3) is 5.16. The zero-order valence-corrected chi connectivity index (χ0v) is 18.6. The van der Waals surface area contributed by atoms with Crippen LogP contribution >= 0.6 is 0 Å². The first-order valence-corrected chi connectivity index (χ1v) is 11.2. The van der Waals surface area contributed by atoms with Gasteiger partial charge >= 0.3 is 6.18 Å². The number of carbonyl (C=O) groups excluding carboxylic acids is 1. The van der Waals surface area contributed by atoms with Crippen molar-refractivity contribution in [1.29, 1.82) is 5.26 Å². The number of carbonyl (C=O) groups is 1. The summed E-state index contributed by atoms with van der Waals surface area (Å²) in [5.41, 5.74) is 0.272. The highest BCUT2D eigenvalue weighted by molar-refractivity contribution is 5.79. The lowest BCUT2D eigenvalue weighted by Crippen LogP contribution is -2.49. The first kappa shape index (κ1) is 23.6. The standard InChI is InChI=1S/C23H25F3N6O2/c24-23(25,26)21(18(15-27)22-29-28-19-9-5-2-6-10-32(19)22)34-16-20(33)31-13-11-30(12-14-31)17-7-3-1-4-8-17/h1,3-4,7-8H,2,5-6,9-14,16H2. The molecule has 0 saturated carbocycles. The van der Waals surface area contributed by atoms with Crippen molar-refractivity contribution in [1.82, 2.24) is 19.7 Å². The van der Waals surface area contributed by atoms with Gasteiger partial charge in [-0.15, -0.1) is 10.2 Å². The van der Waals surface area contributed by atoms with E-state index >= 15 is 0 Å². The van der Waals surface area contributed by atoms with Crippen LogP contribution in [0.3, 0.4) is 0 Å². The van der Waals surface area contributed by atoms with Gasteiger partial charge in [0.1, 0.15) is 17.5 Å². The Balaban J connectivity index is 1.47. The van der Waals surface area contributed by atoms with E-state index in [0.717, 1.165) is 24.9 Å². The van der Waals surface area contributed by atoms with E-state index in [1.807, 2.05) is 30.3 Å². The molecule has 11 heteroatoms. The van der Waals surface area contributed by atoms with Crippen LogP contribution in [0.5, 0.6) is 0 Å². The summed E-state index contributed by atoms with van der Waals surface area (Å²) in [4.78, 5) is 16.2. The molecule has 2 aliphatic rings. The molecule has 1 aromatic carbocycles. The maximum atomic E-state index is 13.9. The van der Waals surface area contributed by atoms with Gasteiger partial charge in [-0.25, -0.2) is 0 Å². The maximum Gasteiger partial charge on any atom is 0.450 e. The van der Waals surface area contributed by atoms with E-state index in [0.29, 0.717) is 45.0 Å². The van der Waals surface area contributed by atoms with Crippen molar-refractivity contribution in [2.75, 3.05) is 37.7 Å². The third-order valence-electron chi connectivity index (χ3n) is 6.02. The number of hydrogen-bond donors (Lipinski definition) is 0. The minimum Gasteiger partial charge on any atom is -0.478 e. The predicted octanol–water partition coefficient (Wildman–Crippen LogP) is 3.17. The van der Waals surface area contributed by atoms with Gasteiger partial charge in [-0.3, -0.25) is 4.79 Å². The summed E-state index contributed by atoms with van der Waals surface area (Å²) in [5.74, 6) is -1.69. The maximum absolute atomic E-state index is 13.9. The van der Waals surface area contributed by atoms with E-state index in [2.05, 4.69) is 15.1 Å². The molecule has 1 aromatic heterocycles.